The molecular formula is C11H11N3O2. The Hall–Kier alpha value is -2.17. The van der Waals surface area contributed by atoms with Gasteiger partial charge in [-0.05, 0) is 25.1 Å². The van der Waals surface area contributed by atoms with E-state index in [9.17, 15) is 10.1 Å². The minimum atomic E-state index is -0.410. The number of rotatable bonds is 2. The summed E-state index contributed by atoms with van der Waals surface area (Å²) >= 11 is 0. The van der Waals surface area contributed by atoms with E-state index in [4.69, 9.17) is 0 Å². The van der Waals surface area contributed by atoms with Gasteiger partial charge in [0.15, 0.2) is 0 Å². The Bertz CT molecular complexity index is 451. The largest absolute Gasteiger partial charge is 0.269 e. The fraction of sp³-hybridized carbons (Fsp3) is 0.182. The van der Waals surface area contributed by atoms with Crippen LogP contribution >= 0.6 is 0 Å². The Morgan fingerprint density at radius 1 is 1.38 bits per heavy atom. The average Bonchev–Trinajstić information content (AvgIpc) is 2.30. The molecule has 0 saturated carbocycles. The van der Waals surface area contributed by atoms with Crippen LogP contribution in [0.2, 0.25) is 0 Å². The van der Waals surface area contributed by atoms with Crippen molar-refractivity contribution in [2.45, 2.75) is 13.0 Å². The lowest BCUT2D eigenvalue weighted by Gasteiger charge is -2.25. The second-order valence-corrected chi connectivity index (χ2v) is 3.51. The molecule has 0 radical (unpaired) electrons. The van der Waals surface area contributed by atoms with E-state index in [2.05, 4.69) is 5.10 Å². The summed E-state index contributed by atoms with van der Waals surface area (Å²) in [5, 5.41) is 16.5. The lowest BCUT2D eigenvalue weighted by Crippen LogP contribution is -2.27. The highest BCUT2D eigenvalue weighted by Gasteiger charge is 2.14. The predicted molar refractivity (Wildman–Crippen MR) is 62.7 cm³/mol. The van der Waals surface area contributed by atoms with Crippen LogP contribution < -0.4 is 5.01 Å². The lowest BCUT2D eigenvalue weighted by atomic mass is 10.2. The van der Waals surface area contributed by atoms with Gasteiger partial charge in [-0.1, -0.05) is 6.08 Å². The number of hydrazone groups is 1. The van der Waals surface area contributed by atoms with Gasteiger partial charge in [0.1, 0.15) is 0 Å². The Labute approximate surface area is 92.8 Å². The summed E-state index contributed by atoms with van der Waals surface area (Å²) in [6.45, 7) is 2.01. The van der Waals surface area contributed by atoms with Crippen molar-refractivity contribution in [1.82, 2.24) is 0 Å². The Morgan fingerprint density at radius 3 is 2.62 bits per heavy atom. The molecule has 0 bridgehead atoms. The number of nitrogens with zero attached hydrogens (tertiary/aromatic N) is 3. The van der Waals surface area contributed by atoms with Crippen LogP contribution in [0, 0.1) is 10.1 Å². The molecule has 5 nitrogen and oxygen atoms in total. The Kier molecular flexibility index (Phi) is 2.68. The van der Waals surface area contributed by atoms with E-state index in [0.29, 0.717) is 0 Å². The van der Waals surface area contributed by atoms with Crippen molar-refractivity contribution >= 4 is 17.6 Å². The summed E-state index contributed by atoms with van der Waals surface area (Å²) in [7, 11) is 0. The zero-order chi connectivity index (χ0) is 11.5. The van der Waals surface area contributed by atoms with Gasteiger partial charge >= 0.3 is 0 Å². The van der Waals surface area contributed by atoms with Crippen molar-refractivity contribution < 1.29 is 4.92 Å². The number of allylic oxidation sites excluding steroid dienone is 1. The minimum Gasteiger partial charge on any atom is -0.259 e. The van der Waals surface area contributed by atoms with Gasteiger partial charge in [0, 0.05) is 18.3 Å². The molecule has 1 aliphatic heterocycles. The molecule has 0 saturated heterocycles. The molecule has 16 heavy (non-hydrogen) atoms. The van der Waals surface area contributed by atoms with Crippen molar-refractivity contribution in [2.24, 2.45) is 5.10 Å². The van der Waals surface area contributed by atoms with Crippen molar-refractivity contribution in [2.75, 3.05) is 5.01 Å². The van der Waals surface area contributed by atoms with Gasteiger partial charge < -0.3 is 0 Å². The zero-order valence-corrected chi connectivity index (χ0v) is 8.78. The Morgan fingerprint density at radius 2 is 2.06 bits per heavy atom. The SMILES string of the molecule is CC1C=CC=NN1c1ccc([N+](=O)[O-])cc1. The maximum Gasteiger partial charge on any atom is 0.269 e. The van der Waals surface area contributed by atoms with Gasteiger partial charge in [0.2, 0.25) is 0 Å². The summed E-state index contributed by atoms with van der Waals surface area (Å²) in [6.07, 6.45) is 5.59. The van der Waals surface area contributed by atoms with Crippen LogP contribution in [0.3, 0.4) is 0 Å². The number of benzene rings is 1. The van der Waals surface area contributed by atoms with Crippen LogP contribution in [0.15, 0.2) is 41.5 Å². The molecule has 1 unspecified atom stereocenters. The molecule has 82 valence electrons. The normalized spacial score (nSPS) is 18.8. The highest BCUT2D eigenvalue weighted by atomic mass is 16.6. The second-order valence-electron chi connectivity index (χ2n) is 3.51. The van der Waals surface area contributed by atoms with E-state index in [1.807, 2.05) is 24.1 Å². The van der Waals surface area contributed by atoms with E-state index >= 15 is 0 Å². The summed E-state index contributed by atoms with van der Waals surface area (Å²) < 4.78 is 0. The molecule has 0 fully saturated rings. The topological polar surface area (TPSA) is 58.7 Å². The highest BCUT2D eigenvalue weighted by Crippen LogP contribution is 2.22. The molecule has 0 aromatic heterocycles. The molecule has 5 heteroatoms. The molecule has 1 atom stereocenters. The van der Waals surface area contributed by atoms with Gasteiger partial charge in [0.25, 0.3) is 5.69 Å². The van der Waals surface area contributed by atoms with E-state index in [0.717, 1.165) is 5.69 Å². The first-order valence-corrected chi connectivity index (χ1v) is 4.93. The zero-order valence-electron chi connectivity index (χ0n) is 8.78. The van der Waals surface area contributed by atoms with Crippen molar-refractivity contribution in [1.29, 1.82) is 0 Å². The van der Waals surface area contributed by atoms with Crippen molar-refractivity contribution in [3.8, 4) is 0 Å². The molecular weight excluding hydrogens is 206 g/mol. The summed E-state index contributed by atoms with van der Waals surface area (Å²) in [5.74, 6) is 0. The monoisotopic (exact) mass is 217 g/mol. The van der Waals surface area contributed by atoms with Gasteiger partial charge in [-0.15, -0.1) is 0 Å². The van der Waals surface area contributed by atoms with Crippen LogP contribution in [-0.4, -0.2) is 17.2 Å². The molecule has 1 aliphatic rings. The first kappa shape index (κ1) is 10.4. The molecule has 0 N–H and O–H groups in total. The molecule has 0 spiro atoms. The van der Waals surface area contributed by atoms with Crippen LogP contribution in [0.25, 0.3) is 0 Å². The quantitative estimate of drug-likeness (QED) is 0.564. The molecule has 2 rings (SSSR count). The number of hydrogen-bond donors (Lipinski definition) is 0. The van der Waals surface area contributed by atoms with E-state index in [1.54, 1.807) is 18.3 Å². The van der Waals surface area contributed by atoms with Gasteiger partial charge in [-0.25, -0.2) is 0 Å². The van der Waals surface area contributed by atoms with Crippen LogP contribution in [0.5, 0.6) is 0 Å². The molecule has 0 amide bonds. The third-order valence-electron chi connectivity index (χ3n) is 2.38. The number of non-ortho nitro benzene ring substituents is 1. The van der Waals surface area contributed by atoms with Crippen LogP contribution in [0.1, 0.15) is 6.92 Å². The third kappa shape index (κ3) is 1.93. The van der Waals surface area contributed by atoms with E-state index in [-0.39, 0.29) is 11.7 Å². The summed E-state index contributed by atoms with van der Waals surface area (Å²) in [6, 6.07) is 6.52. The highest BCUT2D eigenvalue weighted by molar-refractivity contribution is 5.74. The first-order chi connectivity index (χ1) is 7.68. The Balaban J connectivity index is 2.25. The van der Waals surface area contributed by atoms with Gasteiger partial charge in [-0.2, -0.15) is 5.10 Å². The summed E-state index contributed by atoms with van der Waals surface area (Å²) in [4.78, 5) is 10.1. The third-order valence-corrected chi connectivity index (χ3v) is 2.38. The maximum absolute atomic E-state index is 10.5. The minimum absolute atomic E-state index is 0.0907. The standard InChI is InChI=1S/C11H11N3O2/c1-9-3-2-8-12-13(9)10-4-6-11(7-5-10)14(15)16/h2-9H,1H3. The second kappa shape index (κ2) is 4.14. The molecule has 0 aliphatic carbocycles. The molecule has 1 heterocycles. The van der Waals surface area contributed by atoms with Crippen molar-refractivity contribution in [3.05, 3.63) is 46.5 Å². The lowest BCUT2D eigenvalue weighted by molar-refractivity contribution is -0.384. The van der Waals surface area contributed by atoms with E-state index in [1.165, 1.54) is 12.1 Å². The fourth-order valence-corrected chi connectivity index (χ4v) is 1.54. The van der Waals surface area contributed by atoms with Crippen LogP contribution in [-0.2, 0) is 0 Å². The first-order valence-electron chi connectivity index (χ1n) is 4.93. The van der Waals surface area contributed by atoms with Crippen LogP contribution in [0.4, 0.5) is 11.4 Å². The maximum atomic E-state index is 10.5. The summed E-state index contributed by atoms with van der Waals surface area (Å²) in [5.41, 5.74) is 0.937. The number of anilines is 1. The fourth-order valence-electron chi connectivity index (χ4n) is 1.54. The number of nitro benzene ring substituents is 1. The predicted octanol–water partition coefficient (Wildman–Crippen LogP) is 2.35. The van der Waals surface area contributed by atoms with Gasteiger partial charge in [0.05, 0.1) is 16.7 Å². The van der Waals surface area contributed by atoms with Gasteiger partial charge in [-0.3, -0.25) is 15.1 Å². The average molecular weight is 217 g/mol. The number of nitro groups is 1. The number of hydrogen-bond acceptors (Lipinski definition) is 4. The van der Waals surface area contributed by atoms with Crippen molar-refractivity contribution in [3.63, 3.8) is 0 Å². The molecule has 1 aromatic rings. The smallest absolute Gasteiger partial charge is 0.259 e. The molecule has 1 aromatic carbocycles. The van der Waals surface area contributed by atoms with E-state index < -0.39 is 4.92 Å².